The van der Waals surface area contributed by atoms with Crippen LogP contribution < -0.4 is 5.32 Å². The van der Waals surface area contributed by atoms with E-state index in [-0.39, 0.29) is 18.2 Å². The van der Waals surface area contributed by atoms with Gasteiger partial charge in [-0.3, -0.25) is 9.59 Å². The smallest absolute Gasteiger partial charge is 0.238 e. The van der Waals surface area contributed by atoms with Crippen LogP contribution in [0.15, 0.2) is 53.4 Å². The van der Waals surface area contributed by atoms with E-state index in [9.17, 15) is 9.59 Å². The highest BCUT2D eigenvalue weighted by atomic mass is 35.5. The normalized spacial score (nSPS) is 16.2. The molecule has 0 aromatic heterocycles. The average Bonchev–Trinajstić information content (AvgIpc) is 2.57. The lowest BCUT2D eigenvalue weighted by atomic mass is 10.2. The molecule has 4 nitrogen and oxygen atoms in total. The van der Waals surface area contributed by atoms with Gasteiger partial charge in [0.05, 0.1) is 10.9 Å². The summed E-state index contributed by atoms with van der Waals surface area (Å²) in [6, 6.07) is 15.0. The SMILES string of the molecule is CN(Cc1ccc(Cl)cc1)C(=O)CC1Sc2ccccc2NC1=O. The lowest BCUT2D eigenvalue weighted by Gasteiger charge is -2.25. The van der Waals surface area contributed by atoms with Crippen LogP contribution in [0.25, 0.3) is 0 Å². The Morgan fingerprint density at radius 3 is 2.67 bits per heavy atom. The number of carbonyl (C=O) groups is 2. The van der Waals surface area contributed by atoms with Crippen molar-refractivity contribution in [2.24, 2.45) is 0 Å². The highest BCUT2D eigenvalue weighted by Crippen LogP contribution is 2.36. The molecule has 0 bridgehead atoms. The first-order valence-electron chi connectivity index (χ1n) is 7.58. The fourth-order valence-corrected chi connectivity index (χ4v) is 3.72. The molecule has 2 aromatic rings. The van der Waals surface area contributed by atoms with Crippen molar-refractivity contribution in [2.75, 3.05) is 12.4 Å². The van der Waals surface area contributed by atoms with Crippen LogP contribution in [0.2, 0.25) is 5.02 Å². The standard InChI is InChI=1S/C18H17ClN2O2S/c1-21(11-12-6-8-13(19)9-7-12)17(22)10-16-18(23)20-14-4-2-3-5-15(14)24-16/h2-9,16H,10-11H2,1H3,(H,20,23). The molecule has 24 heavy (non-hydrogen) atoms. The number of anilines is 1. The molecule has 6 heteroatoms. The van der Waals surface area contributed by atoms with Gasteiger partial charge in [-0.05, 0) is 29.8 Å². The van der Waals surface area contributed by atoms with Crippen LogP contribution in [0.3, 0.4) is 0 Å². The van der Waals surface area contributed by atoms with E-state index in [0.717, 1.165) is 16.1 Å². The van der Waals surface area contributed by atoms with Gasteiger partial charge in [-0.1, -0.05) is 35.9 Å². The van der Waals surface area contributed by atoms with E-state index in [2.05, 4.69) is 5.32 Å². The van der Waals surface area contributed by atoms with Crippen LogP contribution in [0, 0.1) is 0 Å². The minimum atomic E-state index is -0.403. The monoisotopic (exact) mass is 360 g/mol. The second-order valence-corrected chi connectivity index (χ2v) is 7.35. The van der Waals surface area contributed by atoms with E-state index in [1.165, 1.54) is 11.8 Å². The Labute approximate surface area is 150 Å². The Morgan fingerprint density at radius 1 is 1.21 bits per heavy atom. The summed E-state index contributed by atoms with van der Waals surface area (Å²) in [7, 11) is 1.75. The summed E-state index contributed by atoms with van der Waals surface area (Å²) < 4.78 is 0. The molecule has 1 N–H and O–H groups in total. The van der Waals surface area contributed by atoms with Crippen molar-refractivity contribution in [1.82, 2.24) is 4.90 Å². The number of thioether (sulfide) groups is 1. The molecule has 0 saturated carbocycles. The van der Waals surface area contributed by atoms with Gasteiger partial charge in [0.2, 0.25) is 11.8 Å². The molecule has 0 spiro atoms. The van der Waals surface area contributed by atoms with Crippen molar-refractivity contribution >= 4 is 40.9 Å². The van der Waals surface area contributed by atoms with Crippen molar-refractivity contribution in [3.05, 3.63) is 59.1 Å². The zero-order chi connectivity index (χ0) is 17.1. The number of rotatable bonds is 4. The molecular weight excluding hydrogens is 344 g/mol. The maximum Gasteiger partial charge on any atom is 0.238 e. The van der Waals surface area contributed by atoms with Crippen molar-refractivity contribution in [2.45, 2.75) is 23.1 Å². The van der Waals surface area contributed by atoms with E-state index in [1.807, 2.05) is 36.4 Å². The minimum absolute atomic E-state index is 0.0584. The van der Waals surface area contributed by atoms with E-state index in [0.29, 0.717) is 11.6 Å². The Morgan fingerprint density at radius 2 is 1.92 bits per heavy atom. The molecule has 2 amide bonds. The van der Waals surface area contributed by atoms with Crippen LogP contribution in [0.4, 0.5) is 5.69 Å². The second kappa shape index (κ2) is 7.28. The van der Waals surface area contributed by atoms with Gasteiger partial charge in [-0.2, -0.15) is 0 Å². The largest absolute Gasteiger partial charge is 0.341 e. The molecule has 124 valence electrons. The van der Waals surface area contributed by atoms with Crippen molar-refractivity contribution < 1.29 is 9.59 Å². The van der Waals surface area contributed by atoms with Crippen LogP contribution in [0.1, 0.15) is 12.0 Å². The quantitative estimate of drug-likeness (QED) is 0.902. The zero-order valence-corrected chi connectivity index (χ0v) is 14.7. The fourth-order valence-electron chi connectivity index (χ4n) is 2.49. The van der Waals surface area contributed by atoms with Crippen molar-refractivity contribution in [3.63, 3.8) is 0 Å². The first-order valence-corrected chi connectivity index (χ1v) is 8.83. The lowest BCUT2D eigenvalue weighted by Crippen LogP contribution is -2.35. The number of benzene rings is 2. The number of fused-ring (bicyclic) bond motifs is 1. The molecule has 3 rings (SSSR count). The first kappa shape index (κ1) is 16.9. The molecule has 1 aliphatic heterocycles. The third kappa shape index (κ3) is 3.91. The van der Waals surface area contributed by atoms with Crippen LogP contribution >= 0.6 is 23.4 Å². The molecule has 1 aliphatic rings. The maximum absolute atomic E-state index is 12.4. The summed E-state index contributed by atoms with van der Waals surface area (Å²) in [6.45, 7) is 0.492. The van der Waals surface area contributed by atoms with Gasteiger partial charge in [0.15, 0.2) is 0 Å². The molecule has 1 heterocycles. The minimum Gasteiger partial charge on any atom is -0.341 e. The maximum atomic E-state index is 12.4. The second-order valence-electron chi connectivity index (χ2n) is 5.67. The summed E-state index contributed by atoms with van der Waals surface area (Å²) in [5, 5.41) is 3.13. The van der Waals surface area contributed by atoms with E-state index in [4.69, 9.17) is 11.6 Å². The predicted molar refractivity (Wildman–Crippen MR) is 97.3 cm³/mol. The Kier molecular flexibility index (Phi) is 5.11. The number of hydrogen-bond donors (Lipinski definition) is 1. The van der Waals surface area contributed by atoms with Crippen LogP contribution in [-0.4, -0.2) is 29.0 Å². The molecule has 0 saturated heterocycles. The zero-order valence-electron chi connectivity index (χ0n) is 13.2. The molecule has 1 atom stereocenters. The highest BCUT2D eigenvalue weighted by Gasteiger charge is 2.29. The first-order chi connectivity index (χ1) is 11.5. The van der Waals surface area contributed by atoms with Crippen LogP contribution in [0.5, 0.6) is 0 Å². The van der Waals surface area contributed by atoms with E-state index in [1.54, 1.807) is 24.1 Å². The number of nitrogens with zero attached hydrogens (tertiary/aromatic N) is 1. The number of amides is 2. The Bertz CT molecular complexity index is 764. The van der Waals surface area contributed by atoms with Gasteiger partial charge in [-0.15, -0.1) is 11.8 Å². The van der Waals surface area contributed by atoms with Gasteiger partial charge in [0.1, 0.15) is 0 Å². The number of halogens is 1. The number of hydrogen-bond acceptors (Lipinski definition) is 3. The van der Waals surface area contributed by atoms with E-state index < -0.39 is 5.25 Å². The Hall–Kier alpha value is -1.98. The van der Waals surface area contributed by atoms with Gasteiger partial charge in [-0.25, -0.2) is 0 Å². The summed E-state index contributed by atoms with van der Waals surface area (Å²) >= 11 is 7.31. The summed E-state index contributed by atoms with van der Waals surface area (Å²) in [5.74, 6) is -0.177. The van der Waals surface area contributed by atoms with Crippen LogP contribution in [-0.2, 0) is 16.1 Å². The lowest BCUT2D eigenvalue weighted by molar-refractivity contribution is -0.131. The topological polar surface area (TPSA) is 49.4 Å². The summed E-state index contributed by atoms with van der Waals surface area (Å²) in [4.78, 5) is 27.3. The number of para-hydroxylation sites is 1. The van der Waals surface area contributed by atoms with Crippen molar-refractivity contribution in [3.8, 4) is 0 Å². The molecule has 0 radical (unpaired) electrons. The van der Waals surface area contributed by atoms with Gasteiger partial charge >= 0.3 is 0 Å². The molecular formula is C18H17ClN2O2S. The third-order valence-corrected chi connectivity index (χ3v) is 5.35. The van der Waals surface area contributed by atoms with E-state index >= 15 is 0 Å². The average molecular weight is 361 g/mol. The van der Waals surface area contributed by atoms with Gasteiger partial charge in [0, 0.05) is 29.9 Å². The highest BCUT2D eigenvalue weighted by molar-refractivity contribution is 8.01. The molecule has 2 aromatic carbocycles. The third-order valence-electron chi connectivity index (χ3n) is 3.83. The van der Waals surface area contributed by atoms with Gasteiger partial charge in [0.25, 0.3) is 0 Å². The number of carbonyl (C=O) groups excluding carboxylic acids is 2. The molecule has 0 aliphatic carbocycles. The van der Waals surface area contributed by atoms with Gasteiger partial charge < -0.3 is 10.2 Å². The predicted octanol–water partition coefficient (Wildman–Crippen LogP) is 3.80. The van der Waals surface area contributed by atoms with Crippen molar-refractivity contribution in [1.29, 1.82) is 0 Å². The molecule has 0 fully saturated rings. The Balaban J connectivity index is 1.62. The fraction of sp³-hybridized carbons (Fsp3) is 0.222. The number of nitrogens with one attached hydrogen (secondary N) is 1. The summed E-state index contributed by atoms with van der Waals surface area (Å²) in [6.07, 6.45) is 0.176. The molecule has 1 unspecified atom stereocenters. The summed E-state index contributed by atoms with van der Waals surface area (Å²) in [5.41, 5.74) is 1.81.